The quantitative estimate of drug-likeness (QED) is 0.0261. The second-order valence-electron chi connectivity index (χ2n) is 21.0. The van der Waals surface area contributed by atoms with Crippen molar-refractivity contribution < 1.29 is 28.6 Å². The summed E-state index contributed by atoms with van der Waals surface area (Å²) in [5.41, 5.74) is 0. The Morgan fingerprint density at radius 2 is 0.542 bits per heavy atom. The van der Waals surface area contributed by atoms with Gasteiger partial charge in [-0.1, -0.05) is 300 Å². The highest BCUT2D eigenvalue weighted by Crippen LogP contribution is 2.17. The summed E-state index contributed by atoms with van der Waals surface area (Å²) >= 11 is 0. The first kappa shape index (κ1) is 69.1. The van der Waals surface area contributed by atoms with Gasteiger partial charge in [0, 0.05) is 19.3 Å². The van der Waals surface area contributed by atoms with E-state index in [1.165, 1.54) is 173 Å². The Bertz CT molecular complexity index is 1290. The molecule has 1 atom stereocenters. The van der Waals surface area contributed by atoms with Crippen LogP contribution in [-0.2, 0) is 28.6 Å². The number of carbonyl (C=O) groups excluding carboxylic acids is 3. The minimum Gasteiger partial charge on any atom is -0.462 e. The lowest BCUT2D eigenvalue weighted by molar-refractivity contribution is -0.167. The zero-order valence-electron chi connectivity index (χ0n) is 47.9. The average Bonchev–Trinajstić information content (AvgIpc) is 3.38. The normalized spacial score (nSPS) is 12.4. The molecule has 1 unspecified atom stereocenters. The van der Waals surface area contributed by atoms with Crippen molar-refractivity contribution in [3.8, 4) is 0 Å². The molecule has 0 amide bonds. The van der Waals surface area contributed by atoms with E-state index in [1.54, 1.807) is 0 Å². The molecule has 0 aromatic carbocycles. The lowest BCUT2D eigenvalue weighted by atomic mass is 10.0. The van der Waals surface area contributed by atoms with E-state index in [0.717, 1.165) is 109 Å². The predicted octanol–water partition coefficient (Wildman–Crippen LogP) is 21.2. The number of hydrogen-bond acceptors (Lipinski definition) is 6. The highest BCUT2D eigenvalue weighted by atomic mass is 16.6. The summed E-state index contributed by atoms with van der Waals surface area (Å²) in [7, 11) is 0. The maximum absolute atomic E-state index is 12.9. The Morgan fingerprint density at radius 3 is 0.847 bits per heavy atom. The third kappa shape index (κ3) is 58.0. The fraction of sp³-hybridized carbons (Fsp3) is 0.803. The molecule has 0 aromatic rings. The van der Waals surface area contributed by atoms with E-state index in [4.69, 9.17) is 14.2 Å². The molecule has 72 heavy (non-hydrogen) atoms. The highest BCUT2D eigenvalue weighted by Gasteiger charge is 2.19. The maximum atomic E-state index is 12.9. The van der Waals surface area contributed by atoms with Crippen molar-refractivity contribution in [1.82, 2.24) is 0 Å². The predicted molar refractivity (Wildman–Crippen MR) is 312 cm³/mol. The number of ether oxygens (including phenoxy) is 3. The van der Waals surface area contributed by atoms with Crippen LogP contribution in [0.1, 0.15) is 323 Å². The standard InChI is InChI=1S/C66H118O6/c1-4-7-10-13-16-19-22-25-28-30-32-33-35-36-38-41-44-47-50-53-56-59-65(68)71-62-63(61-70-64(67)58-55-52-49-46-43-40-27-24-21-18-15-12-9-6-3)72-66(69)60-57-54-51-48-45-42-39-37-34-31-29-26-23-20-17-14-11-8-5-2/h7,10,16,19,25,28,32-33,36,38,63H,4-6,8-9,11-15,17-18,20-24,26-27,29-31,34-35,37,39-62H2,1-3H3/b10-7-,19-16-,28-25-,33-32-,38-36-. The molecule has 0 N–H and O–H groups in total. The van der Waals surface area contributed by atoms with Crippen molar-refractivity contribution in [3.63, 3.8) is 0 Å². The van der Waals surface area contributed by atoms with Crippen LogP contribution in [-0.4, -0.2) is 37.2 Å². The van der Waals surface area contributed by atoms with Gasteiger partial charge in [0.1, 0.15) is 13.2 Å². The molecule has 0 aliphatic carbocycles. The van der Waals surface area contributed by atoms with Gasteiger partial charge in [0.25, 0.3) is 0 Å². The molecule has 6 heteroatoms. The van der Waals surface area contributed by atoms with Crippen molar-refractivity contribution in [2.75, 3.05) is 13.2 Å². The second-order valence-corrected chi connectivity index (χ2v) is 21.0. The van der Waals surface area contributed by atoms with Crippen molar-refractivity contribution in [3.05, 3.63) is 60.8 Å². The van der Waals surface area contributed by atoms with Crippen LogP contribution >= 0.6 is 0 Å². The van der Waals surface area contributed by atoms with E-state index >= 15 is 0 Å². The fourth-order valence-electron chi connectivity index (χ4n) is 9.12. The topological polar surface area (TPSA) is 78.9 Å². The summed E-state index contributed by atoms with van der Waals surface area (Å²) in [5.74, 6) is -0.876. The Kier molecular flexibility index (Phi) is 58.2. The molecule has 0 fully saturated rings. The number of esters is 3. The molecule has 0 aliphatic heterocycles. The Labute approximate surface area is 447 Å². The van der Waals surface area contributed by atoms with Gasteiger partial charge < -0.3 is 14.2 Å². The summed E-state index contributed by atoms with van der Waals surface area (Å²) < 4.78 is 16.9. The molecule has 0 aromatic heterocycles. The molecule has 0 heterocycles. The smallest absolute Gasteiger partial charge is 0.306 e. The fourth-order valence-corrected chi connectivity index (χ4v) is 9.12. The van der Waals surface area contributed by atoms with Crippen molar-refractivity contribution >= 4 is 17.9 Å². The van der Waals surface area contributed by atoms with Crippen LogP contribution in [0.4, 0.5) is 0 Å². The molecule has 0 aliphatic rings. The summed E-state index contributed by atoms with van der Waals surface area (Å²) in [6.45, 7) is 6.56. The Morgan fingerprint density at radius 1 is 0.292 bits per heavy atom. The third-order valence-corrected chi connectivity index (χ3v) is 13.8. The summed E-state index contributed by atoms with van der Waals surface area (Å²) in [6.07, 6.45) is 76.4. The molecular weight excluding hydrogens is 889 g/mol. The summed E-state index contributed by atoms with van der Waals surface area (Å²) in [5, 5.41) is 0. The molecule has 0 bridgehead atoms. The summed E-state index contributed by atoms with van der Waals surface area (Å²) in [4.78, 5) is 38.3. The first-order valence-corrected chi connectivity index (χ1v) is 31.3. The molecule has 0 spiro atoms. The zero-order valence-corrected chi connectivity index (χ0v) is 47.9. The molecular formula is C66H118O6. The molecule has 0 saturated carbocycles. The van der Waals surface area contributed by atoms with Gasteiger partial charge in [0.15, 0.2) is 6.10 Å². The number of rotatable bonds is 57. The van der Waals surface area contributed by atoms with Crippen LogP contribution in [0.5, 0.6) is 0 Å². The van der Waals surface area contributed by atoms with Crippen molar-refractivity contribution in [1.29, 1.82) is 0 Å². The van der Waals surface area contributed by atoms with E-state index in [2.05, 4.69) is 81.5 Å². The van der Waals surface area contributed by atoms with E-state index in [-0.39, 0.29) is 31.1 Å². The molecule has 418 valence electrons. The van der Waals surface area contributed by atoms with Gasteiger partial charge >= 0.3 is 17.9 Å². The van der Waals surface area contributed by atoms with Crippen molar-refractivity contribution in [2.45, 2.75) is 329 Å². The first-order valence-electron chi connectivity index (χ1n) is 31.3. The van der Waals surface area contributed by atoms with Crippen LogP contribution in [0, 0.1) is 0 Å². The number of allylic oxidation sites excluding steroid dienone is 10. The number of unbranched alkanes of at least 4 members (excludes halogenated alkanes) is 36. The van der Waals surface area contributed by atoms with E-state index in [1.807, 2.05) is 0 Å². The van der Waals surface area contributed by atoms with Gasteiger partial charge in [0.05, 0.1) is 0 Å². The van der Waals surface area contributed by atoms with Gasteiger partial charge in [-0.3, -0.25) is 14.4 Å². The first-order chi connectivity index (χ1) is 35.5. The van der Waals surface area contributed by atoms with E-state index in [0.29, 0.717) is 19.3 Å². The van der Waals surface area contributed by atoms with E-state index < -0.39 is 6.10 Å². The van der Waals surface area contributed by atoms with Crippen LogP contribution in [0.3, 0.4) is 0 Å². The molecule has 0 saturated heterocycles. The monoisotopic (exact) mass is 1010 g/mol. The van der Waals surface area contributed by atoms with E-state index in [9.17, 15) is 14.4 Å². The van der Waals surface area contributed by atoms with Crippen LogP contribution in [0.2, 0.25) is 0 Å². The van der Waals surface area contributed by atoms with Gasteiger partial charge in [-0.15, -0.1) is 0 Å². The Hall–Kier alpha value is -2.89. The third-order valence-electron chi connectivity index (χ3n) is 13.8. The van der Waals surface area contributed by atoms with Crippen LogP contribution in [0.15, 0.2) is 60.8 Å². The Balaban J connectivity index is 4.36. The summed E-state index contributed by atoms with van der Waals surface area (Å²) in [6, 6.07) is 0. The van der Waals surface area contributed by atoms with Gasteiger partial charge in [-0.25, -0.2) is 0 Å². The van der Waals surface area contributed by atoms with Crippen LogP contribution in [0.25, 0.3) is 0 Å². The SMILES string of the molecule is CC/C=C\C/C=C\C/C=C\C/C=C\C/C=C\CCCCCCCC(=O)OCC(COC(=O)CCCCCCCCCCCCCCCC)OC(=O)CCCCCCCCCCCCCCCCCCCCC. The molecule has 0 rings (SSSR count). The minimum absolute atomic E-state index is 0.0759. The number of hydrogen-bond donors (Lipinski definition) is 0. The van der Waals surface area contributed by atoms with Crippen molar-refractivity contribution in [2.24, 2.45) is 0 Å². The average molecular weight is 1010 g/mol. The van der Waals surface area contributed by atoms with Gasteiger partial charge in [-0.2, -0.15) is 0 Å². The molecule has 6 nitrogen and oxygen atoms in total. The number of carbonyl (C=O) groups is 3. The largest absolute Gasteiger partial charge is 0.462 e. The molecule has 0 radical (unpaired) electrons. The second kappa shape index (κ2) is 60.7. The maximum Gasteiger partial charge on any atom is 0.306 e. The lowest BCUT2D eigenvalue weighted by Crippen LogP contribution is -2.30. The van der Waals surface area contributed by atoms with Crippen LogP contribution < -0.4 is 0 Å². The van der Waals surface area contributed by atoms with Gasteiger partial charge in [-0.05, 0) is 64.2 Å². The zero-order chi connectivity index (χ0) is 52.2. The highest BCUT2D eigenvalue weighted by molar-refractivity contribution is 5.71. The lowest BCUT2D eigenvalue weighted by Gasteiger charge is -2.18. The minimum atomic E-state index is -0.780. The van der Waals surface area contributed by atoms with Gasteiger partial charge in [0.2, 0.25) is 0 Å².